The van der Waals surface area contributed by atoms with Gasteiger partial charge >= 0.3 is 5.97 Å². The zero-order chi connectivity index (χ0) is 23.0. The molecule has 0 aliphatic rings. The number of ether oxygens (including phenoxy) is 1. The van der Waals surface area contributed by atoms with Crippen molar-refractivity contribution in [2.45, 2.75) is 143 Å². The van der Waals surface area contributed by atoms with Gasteiger partial charge in [0.15, 0.2) is 0 Å². The molecule has 0 radical (unpaired) electrons. The van der Waals surface area contributed by atoms with Crippen LogP contribution in [0.2, 0.25) is 0 Å². The summed E-state index contributed by atoms with van der Waals surface area (Å²) in [7, 11) is 0. The highest BCUT2D eigenvalue weighted by molar-refractivity contribution is 5.76. The van der Waals surface area contributed by atoms with Gasteiger partial charge < -0.3 is 9.64 Å². The number of rotatable bonds is 23. The maximum absolute atomic E-state index is 12.7. The molecular weight excluding hydrogens is 386 g/mol. The Labute approximate surface area is 193 Å². The summed E-state index contributed by atoms with van der Waals surface area (Å²) in [6.07, 6.45) is 20.7. The Hall–Kier alpha value is -1.06. The lowest BCUT2D eigenvalue weighted by atomic mass is 10.1. The van der Waals surface area contributed by atoms with E-state index in [1.165, 1.54) is 70.6 Å². The Morgan fingerprint density at radius 1 is 0.548 bits per heavy atom. The van der Waals surface area contributed by atoms with E-state index in [9.17, 15) is 9.59 Å². The van der Waals surface area contributed by atoms with Crippen molar-refractivity contribution >= 4 is 11.9 Å². The highest BCUT2D eigenvalue weighted by Crippen LogP contribution is 2.11. The van der Waals surface area contributed by atoms with E-state index in [2.05, 4.69) is 25.7 Å². The second-order valence-corrected chi connectivity index (χ2v) is 9.05. The molecule has 4 nitrogen and oxygen atoms in total. The molecule has 0 aromatic heterocycles. The third-order valence-corrected chi connectivity index (χ3v) is 5.95. The summed E-state index contributed by atoms with van der Waals surface area (Å²) in [6, 6.07) is 0. The number of hydrogen-bond donors (Lipinski definition) is 0. The van der Waals surface area contributed by atoms with Crippen molar-refractivity contribution < 1.29 is 14.3 Å². The molecule has 0 aliphatic carbocycles. The minimum absolute atomic E-state index is 0.105. The highest BCUT2D eigenvalue weighted by Gasteiger charge is 2.13. The van der Waals surface area contributed by atoms with Gasteiger partial charge in [0.05, 0.1) is 6.61 Å². The standard InChI is InChI=1S/C27H53NO3/c1-4-7-10-13-18-23-28(24-19-14-11-8-5-2)26(29)21-16-17-22-27(30)31-25-20-15-12-9-6-3/h4-25H2,1-3H3. The Balaban J connectivity index is 4.01. The van der Waals surface area contributed by atoms with Crippen LogP contribution in [0.3, 0.4) is 0 Å². The molecule has 0 aliphatic heterocycles. The van der Waals surface area contributed by atoms with Crippen LogP contribution in [0.15, 0.2) is 0 Å². The van der Waals surface area contributed by atoms with Gasteiger partial charge in [-0.3, -0.25) is 9.59 Å². The molecule has 0 aromatic rings. The van der Waals surface area contributed by atoms with Crippen molar-refractivity contribution in [2.24, 2.45) is 0 Å². The minimum atomic E-state index is -0.105. The first-order valence-electron chi connectivity index (χ1n) is 13.6. The van der Waals surface area contributed by atoms with E-state index >= 15 is 0 Å². The largest absolute Gasteiger partial charge is 0.466 e. The fourth-order valence-corrected chi connectivity index (χ4v) is 3.84. The minimum Gasteiger partial charge on any atom is -0.466 e. The average Bonchev–Trinajstić information content (AvgIpc) is 2.77. The van der Waals surface area contributed by atoms with Gasteiger partial charge in [0.1, 0.15) is 0 Å². The molecule has 1 amide bonds. The van der Waals surface area contributed by atoms with Crippen LogP contribution >= 0.6 is 0 Å². The highest BCUT2D eigenvalue weighted by atomic mass is 16.5. The van der Waals surface area contributed by atoms with Crippen LogP contribution in [0.5, 0.6) is 0 Å². The van der Waals surface area contributed by atoms with Crippen LogP contribution in [0.25, 0.3) is 0 Å². The van der Waals surface area contributed by atoms with E-state index in [-0.39, 0.29) is 11.9 Å². The quantitative estimate of drug-likeness (QED) is 0.120. The van der Waals surface area contributed by atoms with E-state index in [0.717, 1.165) is 51.6 Å². The molecule has 4 heteroatoms. The molecule has 31 heavy (non-hydrogen) atoms. The average molecular weight is 440 g/mol. The Bertz CT molecular complexity index is 397. The van der Waals surface area contributed by atoms with E-state index in [4.69, 9.17) is 4.74 Å². The van der Waals surface area contributed by atoms with Crippen LogP contribution in [0.1, 0.15) is 143 Å². The second-order valence-electron chi connectivity index (χ2n) is 9.05. The van der Waals surface area contributed by atoms with Crippen LogP contribution in [-0.2, 0) is 14.3 Å². The zero-order valence-corrected chi connectivity index (χ0v) is 21.2. The molecule has 0 saturated heterocycles. The topological polar surface area (TPSA) is 46.6 Å². The van der Waals surface area contributed by atoms with Crippen molar-refractivity contribution in [3.05, 3.63) is 0 Å². The molecule has 0 fully saturated rings. The molecule has 0 aromatic carbocycles. The van der Waals surface area contributed by atoms with Crippen LogP contribution < -0.4 is 0 Å². The maximum atomic E-state index is 12.7. The third-order valence-electron chi connectivity index (χ3n) is 5.95. The molecule has 0 atom stereocenters. The number of unbranched alkanes of at least 4 members (excludes halogenated alkanes) is 13. The molecule has 0 rings (SSSR count). The number of carbonyl (C=O) groups excluding carboxylic acids is 2. The smallest absolute Gasteiger partial charge is 0.305 e. The van der Waals surface area contributed by atoms with Crippen LogP contribution in [0, 0.1) is 0 Å². The molecule has 0 bridgehead atoms. The first-order valence-corrected chi connectivity index (χ1v) is 13.6. The van der Waals surface area contributed by atoms with Gasteiger partial charge in [-0.2, -0.15) is 0 Å². The molecule has 0 unspecified atom stereocenters. The summed E-state index contributed by atoms with van der Waals surface area (Å²) in [6.45, 7) is 9.01. The van der Waals surface area contributed by atoms with E-state index in [0.29, 0.717) is 19.4 Å². The number of amides is 1. The van der Waals surface area contributed by atoms with Gasteiger partial charge in [-0.1, -0.05) is 97.8 Å². The van der Waals surface area contributed by atoms with Gasteiger partial charge in [0, 0.05) is 25.9 Å². The van der Waals surface area contributed by atoms with E-state index in [1.807, 2.05) is 0 Å². The Kier molecular flexibility index (Phi) is 22.8. The third kappa shape index (κ3) is 20.6. The maximum Gasteiger partial charge on any atom is 0.305 e. The lowest BCUT2D eigenvalue weighted by molar-refractivity contribution is -0.144. The number of carbonyl (C=O) groups is 2. The summed E-state index contributed by atoms with van der Waals surface area (Å²) in [5, 5.41) is 0. The van der Waals surface area contributed by atoms with E-state index in [1.54, 1.807) is 0 Å². The second kappa shape index (κ2) is 23.6. The van der Waals surface area contributed by atoms with Gasteiger partial charge in [0.25, 0.3) is 0 Å². The van der Waals surface area contributed by atoms with Crippen molar-refractivity contribution in [2.75, 3.05) is 19.7 Å². The van der Waals surface area contributed by atoms with Gasteiger partial charge in [0.2, 0.25) is 5.91 Å². The van der Waals surface area contributed by atoms with Gasteiger partial charge in [-0.05, 0) is 32.1 Å². The van der Waals surface area contributed by atoms with Crippen molar-refractivity contribution in [1.29, 1.82) is 0 Å². The van der Waals surface area contributed by atoms with Crippen LogP contribution in [-0.4, -0.2) is 36.5 Å². The molecule has 0 spiro atoms. The fraction of sp³-hybridized carbons (Fsp3) is 0.926. The van der Waals surface area contributed by atoms with Crippen molar-refractivity contribution in [3.8, 4) is 0 Å². The summed E-state index contributed by atoms with van der Waals surface area (Å²) < 4.78 is 5.31. The van der Waals surface area contributed by atoms with E-state index < -0.39 is 0 Å². The van der Waals surface area contributed by atoms with Gasteiger partial charge in [-0.25, -0.2) is 0 Å². The summed E-state index contributed by atoms with van der Waals surface area (Å²) >= 11 is 0. The first kappa shape index (κ1) is 29.9. The normalized spacial score (nSPS) is 10.9. The Morgan fingerprint density at radius 2 is 1.00 bits per heavy atom. The molecule has 184 valence electrons. The first-order chi connectivity index (χ1) is 15.2. The lowest BCUT2D eigenvalue weighted by Crippen LogP contribution is -2.32. The van der Waals surface area contributed by atoms with Gasteiger partial charge in [-0.15, -0.1) is 0 Å². The SMILES string of the molecule is CCCCCCCOC(=O)CCCCC(=O)N(CCCCCCC)CCCCCCC. The molecule has 0 N–H and O–H groups in total. The zero-order valence-electron chi connectivity index (χ0n) is 21.2. The molecule has 0 heterocycles. The summed E-state index contributed by atoms with van der Waals surface area (Å²) in [5.74, 6) is 0.168. The predicted octanol–water partition coefficient (Wildman–Crippen LogP) is 7.83. The number of hydrogen-bond acceptors (Lipinski definition) is 3. The number of nitrogens with zero attached hydrogens (tertiary/aromatic N) is 1. The molecular formula is C27H53NO3. The predicted molar refractivity (Wildman–Crippen MR) is 132 cm³/mol. The summed E-state index contributed by atoms with van der Waals surface area (Å²) in [5.41, 5.74) is 0. The monoisotopic (exact) mass is 439 g/mol. The lowest BCUT2D eigenvalue weighted by Gasteiger charge is -2.23. The molecule has 0 saturated carbocycles. The Morgan fingerprint density at radius 3 is 1.52 bits per heavy atom. The van der Waals surface area contributed by atoms with Crippen molar-refractivity contribution in [3.63, 3.8) is 0 Å². The number of esters is 1. The van der Waals surface area contributed by atoms with Crippen molar-refractivity contribution in [1.82, 2.24) is 4.90 Å². The summed E-state index contributed by atoms with van der Waals surface area (Å²) in [4.78, 5) is 26.7. The van der Waals surface area contributed by atoms with Crippen LogP contribution in [0.4, 0.5) is 0 Å². The fourth-order valence-electron chi connectivity index (χ4n) is 3.84.